The van der Waals surface area contributed by atoms with Gasteiger partial charge in [0, 0.05) is 6.07 Å². The van der Waals surface area contributed by atoms with E-state index in [2.05, 4.69) is 10.4 Å². The second-order valence-electron chi connectivity index (χ2n) is 5.40. The van der Waals surface area contributed by atoms with Crippen molar-refractivity contribution in [3.05, 3.63) is 35.4 Å². The molecule has 1 fully saturated rings. The van der Waals surface area contributed by atoms with Crippen LogP contribution in [0.5, 0.6) is 0 Å². The molecule has 2 heterocycles. The molecule has 5 heteroatoms. The lowest BCUT2D eigenvalue weighted by Crippen LogP contribution is -2.17. The van der Waals surface area contributed by atoms with E-state index in [1.165, 1.54) is 19.1 Å². The zero-order chi connectivity index (χ0) is 14.1. The highest BCUT2D eigenvalue weighted by molar-refractivity contribution is 6.04. The normalized spacial score (nSPS) is 15.7. The number of nitrogens with one attached hydrogen (secondary N) is 1. The fourth-order valence-corrected chi connectivity index (χ4v) is 2.84. The largest absolute Gasteiger partial charge is 0.469 e. The van der Waals surface area contributed by atoms with Gasteiger partial charge < -0.3 is 9.73 Å². The lowest BCUT2D eigenvalue weighted by Gasteiger charge is -2.14. The Morgan fingerprint density at radius 1 is 1.40 bits per heavy atom. The predicted octanol–water partition coefficient (Wildman–Crippen LogP) is 3.46. The summed E-state index contributed by atoms with van der Waals surface area (Å²) >= 11 is 0. The van der Waals surface area contributed by atoms with Crippen molar-refractivity contribution in [2.24, 2.45) is 0 Å². The molecule has 1 saturated carbocycles. The summed E-state index contributed by atoms with van der Waals surface area (Å²) in [6.45, 7) is 3.73. The van der Waals surface area contributed by atoms with Crippen LogP contribution in [-0.4, -0.2) is 15.7 Å². The minimum absolute atomic E-state index is 0.143. The summed E-state index contributed by atoms with van der Waals surface area (Å²) < 4.78 is 7.14. The maximum atomic E-state index is 12.3. The molecule has 106 valence electrons. The minimum Gasteiger partial charge on any atom is -0.469 e. The van der Waals surface area contributed by atoms with E-state index in [4.69, 9.17) is 4.42 Å². The zero-order valence-corrected chi connectivity index (χ0v) is 11.8. The number of aryl methyl sites for hydroxylation is 2. The third-order valence-corrected chi connectivity index (χ3v) is 3.87. The molecule has 20 heavy (non-hydrogen) atoms. The van der Waals surface area contributed by atoms with Crippen LogP contribution < -0.4 is 5.32 Å². The standard InChI is InChI=1S/C15H19N3O2/c1-10-9-14(18(17-10)12-5-3-4-6-12)16-15(19)13-7-8-20-11(13)2/h7-9,12H,3-6H2,1-2H3,(H,16,19). The molecule has 0 aliphatic heterocycles. The smallest absolute Gasteiger partial charge is 0.260 e. The highest BCUT2D eigenvalue weighted by atomic mass is 16.3. The van der Waals surface area contributed by atoms with Crippen molar-refractivity contribution in [1.82, 2.24) is 9.78 Å². The minimum atomic E-state index is -0.143. The zero-order valence-electron chi connectivity index (χ0n) is 11.8. The fourth-order valence-electron chi connectivity index (χ4n) is 2.84. The molecule has 0 radical (unpaired) electrons. The molecule has 0 saturated heterocycles. The molecular weight excluding hydrogens is 254 g/mol. The summed E-state index contributed by atoms with van der Waals surface area (Å²) in [6, 6.07) is 4.02. The van der Waals surface area contributed by atoms with Gasteiger partial charge in [-0.2, -0.15) is 5.10 Å². The van der Waals surface area contributed by atoms with Gasteiger partial charge in [-0.25, -0.2) is 4.68 Å². The number of aromatic nitrogens is 2. The molecule has 0 spiro atoms. The highest BCUT2D eigenvalue weighted by Gasteiger charge is 2.22. The predicted molar refractivity (Wildman–Crippen MR) is 75.9 cm³/mol. The number of rotatable bonds is 3. The van der Waals surface area contributed by atoms with Gasteiger partial charge in [0.05, 0.1) is 23.6 Å². The molecule has 0 atom stereocenters. The number of carbonyl (C=O) groups excluding carboxylic acids is 1. The first-order valence-electron chi connectivity index (χ1n) is 7.07. The molecule has 5 nitrogen and oxygen atoms in total. The first kappa shape index (κ1) is 13.0. The molecular formula is C15H19N3O2. The van der Waals surface area contributed by atoms with Gasteiger partial charge in [-0.1, -0.05) is 12.8 Å². The van der Waals surface area contributed by atoms with Crippen LogP contribution in [0.3, 0.4) is 0 Å². The number of furan rings is 1. The number of amides is 1. The molecule has 1 amide bonds. The quantitative estimate of drug-likeness (QED) is 0.931. The molecule has 1 aliphatic carbocycles. The number of anilines is 1. The number of carbonyl (C=O) groups is 1. The molecule has 0 unspecified atom stereocenters. The lowest BCUT2D eigenvalue weighted by molar-refractivity contribution is 0.102. The van der Waals surface area contributed by atoms with Crippen molar-refractivity contribution < 1.29 is 9.21 Å². The van der Waals surface area contributed by atoms with Gasteiger partial charge in [0.1, 0.15) is 11.6 Å². The number of hydrogen-bond donors (Lipinski definition) is 1. The fraction of sp³-hybridized carbons (Fsp3) is 0.467. The van der Waals surface area contributed by atoms with Gasteiger partial charge in [-0.3, -0.25) is 4.79 Å². The molecule has 0 aromatic carbocycles. The highest BCUT2D eigenvalue weighted by Crippen LogP contribution is 2.32. The van der Waals surface area contributed by atoms with E-state index in [0.717, 1.165) is 24.4 Å². The van der Waals surface area contributed by atoms with Gasteiger partial charge in [0.25, 0.3) is 5.91 Å². The monoisotopic (exact) mass is 273 g/mol. The summed E-state index contributed by atoms with van der Waals surface area (Å²) in [5.41, 5.74) is 1.50. The van der Waals surface area contributed by atoms with Crippen molar-refractivity contribution in [2.45, 2.75) is 45.6 Å². The number of hydrogen-bond acceptors (Lipinski definition) is 3. The Labute approximate surface area is 118 Å². The van der Waals surface area contributed by atoms with Crippen molar-refractivity contribution in [3.63, 3.8) is 0 Å². The maximum absolute atomic E-state index is 12.3. The third-order valence-electron chi connectivity index (χ3n) is 3.87. The molecule has 2 aromatic rings. The second-order valence-corrected chi connectivity index (χ2v) is 5.40. The molecule has 1 aliphatic rings. The Hall–Kier alpha value is -2.04. The van der Waals surface area contributed by atoms with Crippen molar-refractivity contribution >= 4 is 11.7 Å². The van der Waals surface area contributed by atoms with Gasteiger partial charge in [0.15, 0.2) is 0 Å². The first-order chi connectivity index (χ1) is 9.65. The van der Waals surface area contributed by atoms with Gasteiger partial charge in [-0.05, 0) is 32.8 Å². The van der Waals surface area contributed by atoms with E-state index >= 15 is 0 Å². The Morgan fingerprint density at radius 3 is 2.80 bits per heavy atom. The van der Waals surface area contributed by atoms with Crippen molar-refractivity contribution in [3.8, 4) is 0 Å². The van der Waals surface area contributed by atoms with E-state index in [1.54, 1.807) is 13.0 Å². The summed E-state index contributed by atoms with van der Waals surface area (Å²) in [5, 5.41) is 7.48. The Kier molecular flexibility index (Phi) is 3.34. The lowest BCUT2D eigenvalue weighted by atomic mass is 10.2. The van der Waals surface area contributed by atoms with Crippen molar-refractivity contribution in [1.29, 1.82) is 0 Å². The Morgan fingerprint density at radius 2 is 2.15 bits per heavy atom. The number of nitrogens with zero attached hydrogens (tertiary/aromatic N) is 2. The van der Waals surface area contributed by atoms with E-state index in [1.807, 2.05) is 17.7 Å². The van der Waals surface area contributed by atoms with Gasteiger partial charge in [0.2, 0.25) is 0 Å². The van der Waals surface area contributed by atoms with E-state index in [0.29, 0.717) is 17.4 Å². The molecule has 3 rings (SSSR count). The topological polar surface area (TPSA) is 60.1 Å². The van der Waals surface area contributed by atoms with Crippen LogP contribution in [0.2, 0.25) is 0 Å². The van der Waals surface area contributed by atoms with Gasteiger partial charge >= 0.3 is 0 Å². The van der Waals surface area contributed by atoms with Crippen molar-refractivity contribution in [2.75, 3.05) is 5.32 Å². The Balaban J connectivity index is 1.83. The SMILES string of the molecule is Cc1cc(NC(=O)c2ccoc2C)n(C2CCCC2)n1. The van der Waals surface area contributed by atoms with Crippen LogP contribution in [-0.2, 0) is 0 Å². The summed E-state index contributed by atoms with van der Waals surface area (Å²) in [4.78, 5) is 12.3. The van der Waals surface area contributed by atoms with E-state index < -0.39 is 0 Å². The second kappa shape index (κ2) is 5.15. The van der Waals surface area contributed by atoms with Gasteiger partial charge in [-0.15, -0.1) is 0 Å². The molecule has 1 N–H and O–H groups in total. The maximum Gasteiger partial charge on any atom is 0.260 e. The van der Waals surface area contributed by atoms with Crippen LogP contribution in [0.4, 0.5) is 5.82 Å². The summed E-state index contributed by atoms with van der Waals surface area (Å²) in [6.07, 6.45) is 6.27. The van der Waals surface area contributed by atoms with Crippen LogP contribution >= 0.6 is 0 Å². The van der Waals surface area contributed by atoms with Crippen LogP contribution in [0.25, 0.3) is 0 Å². The average molecular weight is 273 g/mol. The summed E-state index contributed by atoms with van der Waals surface area (Å²) in [7, 11) is 0. The summed E-state index contributed by atoms with van der Waals surface area (Å²) in [5.74, 6) is 1.27. The van der Waals surface area contributed by atoms with Crippen LogP contribution in [0, 0.1) is 13.8 Å². The van der Waals surface area contributed by atoms with E-state index in [9.17, 15) is 4.79 Å². The van der Waals surface area contributed by atoms with E-state index in [-0.39, 0.29) is 5.91 Å². The average Bonchev–Trinajstić information content (AvgIpc) is 3.09. The molecule has 0 bridgehead atoms. The molecule has 2 aromatic heterocycles. The van der Waals surface area contributed by atoms with Crippen LogP contribution in [0.15, 0.2) is 22.8 Å². The van der Waals surface area contributed by atoms with Crippen LogP contribution in [0.1, 0.15) is 53.5 Å². The first-order valence-corrected chi connectivity index (χ1v) is 7.07. The third kappa shape index (κ3) is 2.35. The Bertz CT molecular complexity index is 621.